The number of anilines is 2. The molecule has 0 spiro atoms. The maximum atomic E-state index is 14.8. The molecule has 156 valence electrons. The molecule has 0 amide bonds. The third kappa shape index (κ3) is 4.15. The highest BCUT2D eigenvalue weighted by Crippen LogP contribution is 2.29. The first-order valence-electron chi connectivity index (χ1n) is 9.28. The van der Waals surface area contributed by atoms with Crippen LogP contribution in [0.3, 0.4) is 0 Å². The summed E-state index contributed by atoms with van der Waals surface area (Å²) >= 11 is 6.20. The lowest BCUT2D eigenvalue weighted by atomic mass is 10.1. The van der Waals surface area contributed by atoms with Gasteiger partial charge in [-0.25, -0.2) is 13.8 Å². The van der Waals surface area contributed by atoms with Gasteiger partial charge in [0.25, 0.3) is 0 Å². The SMILES string of the molecule is Nc1ccc(-c2ccc(CN=O)c(Cl)c2)nc1NCc1c(F)cc2ncccc2c1F. The standard InChI is InChI=1S/C22H16ClF2N5O/c23-16-8-12(3-4-13(16)10-29-31)19-6-5-18(26)22(30-19)28-11-15-17(24)9-20-14(21(15)25)2-1-7-27-20/h1-9H,10-11,26H2,(H,28,30). The molecule has 0 radical (unpaired) electrons. The van der Waals surface area contributed by atoms with Crippen molar-refractivity contribution in [2.24, 2.45) is 5.18 Å². The molecule has 0 aliphatic carbocycles. The number of nitroso groups, excluding NO2 is 1. The molecule has 31 heavy (non-hydrogen) atoms. The number of benzene rings is 2. The maximum Gasteiger partial charge on any atom is 0.150 e. The number of nitrogens with one attached hydrogen (secondary N) is 1. The minimum absolute atomic E-state index is 0.0283. The van der Waals surface area contributed by atoms with Crippen LogP contribution in [0.4, 0.5) is 20.3 Å². The Balaban J connectivity index is 1.63. The minimum Gasteiger partial charge on any atom is -0.396 e. The van der Waals surface area contributed by atoms with E-state index in [0.29, 0.717) is 27.5 Å². The zero-order valence-electron chi connectivity index (χ0n) is 16.1. The Labute approximate surface area is 181 Å². The molecule has 6 nitrogen and oxygen atoms in total. The molecule has 2 aromatic carbocycles. The number of rotatable bonds is 6. The van der Waals surface area contributed by atoms with E-state index in [2.05, 4.69) is 20.5 Å². The van der Waals surface area contributed by atoms with Crippen LogP contribution in [-0.4, -0.2) is 9.97 Å². The van der Waals surface area contributed by atoms with E-state index in [9.17, 15) is 13.7 Å². The molecule has 0 fully saturated rings. The number of nitrogens with zero attached hydrogens (tertiary/aromatic N) is 3. The molecule has 0 saturated carbocycles. The van der Waals surface area contributed by atoms with Crippen LogP contribution in [0.5, 0.6) is 0 Å². The molecule has 0 unspecified atom stereocenters. The summed E-state index contributed by atoms with van der Waals surface area (Å²) in [7, 11) is 0. The lowest BCUT2D eigenvalue weighted by Crippen LogP contribution is -2.09. The summed E-state index contributed by atoms with van der Waals surface area (Å²) in [5, 5.41) is 6.37. The second-order valence-corrected chi connectivity index (χ2v) is 7.21. The van der Waals surface area contributed by atoms with Gasteiger partial charge in [0.15, 0.2) is 0 Å². The summed E-state index contributed by atoms with van der Waals surface area (Å²) in [5.41, 5.74) is 8.26. The van der Waals surface area contributed by atoms with Gasteiger partial charge in [0, 0.05) is 40.3 Å². The minimum atomic E-state index is -0.711. The number of aromatic nitrogens is 2. The van der Waals surface area contributed by atoms with Crippen LogP contribution in [-0.2, 0) is 13.1 Å². The van der Waals surface area contributed by atoms with Gasteiger partial charge in [-0.05, 0) is 35.9 Å². The van der Waals surface area contributed by atoms with Crippen molar-refractivity contribution in [1.82, 2.24) is 9.97 Å². The molecule has 4 aromatic rings. The van der Waals surface area contributed by atoms with E-state index >= 15 is 0 Å². The van der Waals surface area contributed by atoms with Crippen LogP contribution < -0.4 is 11.1 Å². The van der Waals surface area contributed by atoms with E-state index in [-0.39, 0.29) is 35.4 Å². The lowest BCUT2D eigenvalue weighted by Gasteiger charge is -2.13. The maximum absolute atomic E-state index is 14.8. The summed E-state index contributed by atoms with van der Waals surface area (Å²) in [6.45, 7) is -0.187. The third-order valence-electron chi connectivity index (χ3n) is 4.83. The first-order valence-corrected chi connectivity index (χ1v) is 9.65. The van der Waals surface area contributed by atoms with Crippen LogP contribution in [0.15, 0.2) is 59.9 Å². The van der Waals surface area contributed by atoms with Gasteiger partial charge < -0.3 is 11.1 Å². The molecular formula is C22H16ClF2N5O. The highest BCUT2D eigenvalue weighted by atomic mass is 35.5. The topological polar surface area (TPSA) is 93.3 Å². The van der Waals surface area contributed by atoms with E-state index in [1.165, 1.54) is 12.3 Å². The third-order valence-corrected chi connectivity index (χ3v) is 5.19. The summed E-state index contributed by atoms with van der Waals surface area (Å²) in [6.07, 6.45) is 1.48. The molecule has 3 N–H and O–H groups in total. The Bertz CT molecular complexity index is 1300. The number of nitrogens with two attached hydrogens (primary N) is 1. The zero-order chi connectivity index (χ0) is 22.0. The van der Waals surface area contributed by atoms with Gasteiger partial charge in [-0.3, -0.25) is 4.98 Å². The van der Waals surface area contributed by atoms with E-state index in [4.69, 9.17) is 17.3 Å². The van der Waals surface area contributed by atoms with Gasteiger partial charge in [-0.1, -0.05) is 28.9 Å². The largest absolute Gasteiger partial charge is 0.396 e. The number of hydrogen-bond acceptors (Lipinski definition) is 6. The van der Waals surface area contributed by atoms with Crippen LogP contribution in [0.1, 0.15) is 11.1 Å². The number of fused-ring (bicyclic) bond motifs is 1. The van der Waals surface area contributed by atoms with Gasteiger partial charge in [-0.15, -0.1) is 0 Å². The first-order chi connectivity index (χ1) is 15.0. The molecule has 0 saturated heterocycles. The van der Waals surface area contributed by atoms with Crippen LogP contribution in [0.25, 0.3) is 22.2 Å². The van der Waals surface area contributed by atoms with Crippen molar-refractivity contribution in [2.45, 2.75) is 13.1 Å². The summed E-state index contributed by atoms with van der Waals surface area (Å²) in [6, 6.07) is 12.8. The normalized spacial score (nSPS) is 10.9. The fourth-order valence-electron chi connectivity index (χ4n) is 3.20. The second-order valence-electron chi connectivity index (χ2n) is 6.80. The Morgan fingerprint density at radius 3 is 2.74 bits per heavy atom. The van der Waals surface area contributed by atoms with Gasteiger partial charge >= 0.3 is 0 Å². The van der Waals surface area contributed by atoms with Gasteiger partial charge in [0.1, 0.15) is 24.0 Å². The molecular weight excluding hydrogens is 424 g/mol. The van der Waals surface area contributed by atoms with Crippen molar-refractivity contribution in [1.29, 1.82) is 0 Å². The molecule has 4 rings (SSSR count). The average Bonchev–Trinajstić information content (AvgIpc) is 2.76. The highest BCUT2D eigenvalue weighted by molar-refractivity contribution is 6.31. The quantitative estimate of drug-likeness (QED) is 0.376. The first kappa shape index (κ1) is 20.6. The average molecular weight is 440 g/mol. The monoisotopic (exact) mass is 439 g/mol. The van der Waals surface area contributed by atoms with Crippen LogP contribution >= 0.6 is 11.6 Å². The molecule has 2 aromatic heterocycles. The van der Waals surface area contributed by atoms with Crippen LogP contribution in [0.2, 0.25) is 5.02 Å². The van der Waals surface area contributed by atoms with Crippen molar-refractivity contribution in [2.75, 3.05) is 11.1 Å². The van der Waals surface area contributed by atoms with Gasteiger partial charge in [0.2, 0.25) is 0 Å². The van der Waals surface area contributed by atoms with Gasteiger partial charge in [0.05, 0.1) is 16.9 Å². The predicted octanol–water partition coefficient (Wildman–Crippen LogP) is 5.69. The number of halogens is 3. The Kier molecular flexibility index (Phi) is 5.73. The Morgan fingerprint density at radius 2 is 1.97 bits per heavy atom. The van der Waals surface area contributed by atoms with E-state index in [1.54, 1.807) is 42.5 Å². The summed E-state index contributed by atoms with van der Waals surface area (Å²) in [4.78, 5) is 18.9. The van der Waals surface area contributed by atoms with E-state index in [0.717, 1.165) is 0 Å². The van der Waals surface area contributed by atoms with Crippen molar-refractivity contribution < 1.29 is 8.78 Å². The summed E-state index contributed by atoms with van der Waals surface area (Å²) in [5.74, 6) is -1.12. The Morgan fingerprint density at radius 1 is 1.13 bits per heavy atom. The molecule has 2 heterocycles. The molecule has 0 aliphatic rings. The van der Waals surface area contributed by atoms with E-state index < -0.39 is 11.6 Å². The van der Waals surface area contributed by atoms with Crippen molar-refractivity contribution in [3.05, 3.63) is 87.4 Å². The molecule has 0 bridgehead atoms. The molecule has 0 aliphatic heterocycles. The smallest absolute Gasteiger partial charge is 0.150 e. The van der Waals surface area contributed by atoms with Gasteiger partial charge in [-0.2, -0.15) is 4.91 Å². The predicted molar refractivity (Wildman–Crippen MR) is 118 cm³/mol. The number of nitrogen functional groups attached to an aromatic ring is 1. The zero-order valence-corrected chi connectivity index (χ0v) is 16.8. The fraction of sp³-hybridized carbons (Fsp3) is 0.0909. The molecule has 9 heteroatoms. The van der Waals surface area contributed by atoms with Crippen molar-refractivity contribution in [3.63, 3.8) is 0 Å². The number of pyridine rings is 2. The lowest BCUT2D eigenvalue weighted by molar-refractivity contribution is 0.568. The molecule has 0 atom stereocenters. The number of hydrogen-bond donors (Lipinski definition) is 2. The fourth-order valence-corrected chi connectivity index (χ4v) is 3.44. The van der Waals surface area contributed by atoms with E-state index in [1.807, 2.05) is 0 Å². The Hall–Kier alpha value is -3.65. The van der Waals surface area contributed by atoms with Crippen molar-refractivity contribution in [3.8, 4) is 11.3 Å². The second kappa shape index (κ2) is 8.61. The van der Waals surface area contributed by atoms with Crippen molar-refractivity contribution >= 4 is 34.0 Å². The highest BCUT2D eigenvalue weighted by Gasteiger charge is 2.15. The van der Waals surface area contributed by atoms with Crippen LogP contribution in [0, 0.1) is 16.5 Å². The summed E-state index contributed by atoms with van der Waals surface area (Å²) < 4.78 is 29.3.